The molecule has 0 aliphatic heterocycles. The summed E-state index contributed by atoms with van der Waals surface area (Å²) in [4.78, 5) is 0. The topological polar surface area (TPSA) is 21.3 Å². The van der Waals surface area contributed by atoms with E-state index < -0.39 is 11.7 Å². The van der Waals surface area contributed by atoms with E-state index in [1.165, 1.54) is 12.1 Å². The Bertz CT molecular complexity index is 365. The van der Waals surface area contributed by atoms with Crippen molar-refractivity contribution in [1.82, 2.24) is 5.32 Å². The molecule has 0 amide bonds. The van der Waals surface area contributed by atoms with Gasteiger partial charge in [0.25, 0.3) is 0 Å². The van der Waals surface area contributed by atoms with Crippen LogP contribution in [-0.2, 0) is 10.9 Å². The van der Waals surface area contributed by atoms with E-state index >= 15 is 0 Å². The monoisotopic (exact) mass is 261 g/mol. The highest BCUT2D eigenvalue weighted by Gasteiger charge is 2.30. The van der Waals surface area contributed by atoms with E-state index in [0.717, 1.165) is 18.9 Å². The Labute approximate surface area is 105 Å². The molecule has 1 atom stereocenters. The highest BCUT2D eigenvalue weighted by Crippen LogP contribution is 2.31. The smallest absolute Gasteiger partial charge is 0.385 e. The summed E-state index contributed by atoms with van der Waals surface area (Å²) in [5.74, 6) is 0. The molecule has 5 heteroatoms. The van der Waals surface area contributed by atoms with Crippen molar-refractivity contribution in [2.45, 2.75) is 25.1 Å². The normalized spacial score (nSPS) is 13.6. The van der Waals surface area contributed by atoms with Gasteiger partial charge in [-0.2, -0.15) is 13.2 Å². The number of benzene rings is 1. The fourth-order valence-electron chi connectivity index (χ4n) is 1.84. The van der Waals surface area contributed by atoms with Crippen LogP contribution in [0, 0.1) is 0 Å². The first-order valence-corrected chi connectivity index (χ1v) is 5.82. The van der Waals surface area contributed by atoms with Gasteiger partial charge in [0.1, 0.15) is 0 Å². The summed E-state index contributed by atoms with van der Waals surface area (Å²) in [6, 6.07) is 5.36. The molecule has 0 saturated heterocycles. The maximum atomic E-state index is 12.6. The van der Waals surface area contributed by atoms with Crippen LogP contribution >= 0.6 is 0 Å². The Balaban J connectivity index is 2.79. The van der Waals surface area contributed by atoms with Gasteiger partial charge in [-0.15, -0.1) is 0 Å². The van der Waals surface area contributed by atoms with Crippen LogP contribution in [0.5, 0.6) is 0 Å². The molecule has 0 aliphatic rings. The summed E-state index contributed by atoms with van der Waals surface area (Å²) in [5.41, 5.74) is 0.0513. The van der Waals surface area contributed by atoms with Gasteiger partial charge in [0.15, 0.2) is 0 Å². The lowest BCUT2D eigenvalue weighted by Crippen LogP contribution is -2.17. The second-order valence-corrected chi connectivity index (χ2v) is 4.10. The van der Waals surface area contributed by atoms with Gasteiger partial charge in [0, 0.05) is 19.8 Å². The molecule has 0 aliphatic carbocycles. The van der Waals surface area contributed by atoms with Gasteiger partial charge in [-0.05, 0) is 37.6 Å². The van der Waals surface area contributed by atoms with Crippen molar-refractivity contribution in [2.24, 2.45) is 0 Å². The van der Waals surface area contributed by atoms with Crippen LogP contribution in [0.4, 0.5) is 13.2 Å². The van der Waals surface area contributed by atoms with Gasteiger partial charge in [-0.25, -0.2) is 0 Å². The van der Waals surface area contributed by atoms with E-state index in [0.29, 0.717) is 12.2 Å². The predicted octanol–water partition coefficient (Wildman–Crippen LogP) is 3.39. The summed E-state index contributed by atoms with van der Waals surface area (Å²) >= 11 is 0. The van der Waals surface area contributed by atoms with E-state index in [2.05, 4.69) is 5.32 Å². The first kappa shape index (κ1) is 15.0. The molecule has 0 fully saturated rings. The van der Waals surface area contributed by atoms with Gasteiger partial charge < -0.3 is 10.1 Å². The van der Waals surface area contributed by atoms with Crippen molar-refractivity contribution >= 4 is 0 Å². The number of nitrogens with one attached hydrogen (secondary N) is 1. The highest BCUT2D eigenvalue weighted by molar-refractivity contribution is 5.27. The van der Waals surface area contributed by atoms with Crippen LogP contribution in [0.3, 0.4) is 0 Å². The standard InChI is InChI=1S/C13H18F3NO/c1-17-12(7-4-8-18-2)10-5-3-6-11(9-10)13(14,15)16/h3,5-6,9,12,17H,4,7-8H2,1-2H3. The second kappa shape index (κ2) is 6.75. The Morgan fingerprint density at radius 2 is 2.06 bits per heavy atom. The molecule has 0 saturated carbocycles. The van der Waals surface area contributed by atoms with Crippen molar-refractivity contribution in [3.8, 4) is 0 Å². The third-order valence-electron chi connectivity index (χ3n) is 2.81. The lowest BCUT2D eigenvalue weighted by Gasteiger charge is -2.18. The van der Waals surface area contributed by atoms with E-state index in [9.17, 15) is 13.2 Å². The number of rotatable bonds is 6. The predicted molar refractivity (Wildman–Crippen MR) is 64.4 cm³/mol. The SMILES string of the molecule is CNC(CCCOC)c1cccc(C(F)(F)F)c1. The maximum absolute atomic E-state index is 12.6. The molecule has 0 spiro atoms. The summed E-state index contributed by atoms with van der Waals surface area (Å²) < 4.78 is 42.7. The molecule has 1 aromatic carbocycles. The summed E-state index contributed by atoms with van der Waals surface area (Å²) in [6.07, 6.45) is -2.75. The minimum atomic E-state index is -4.29. The Morgan fingerprint density at radius 3 is 2.61 bits per heavy atom. The quantitative estimate of drug-likeness (QED) is 0.792. The van der Waals surface area contributed by atoms with Crippen molar-refractivity contribution < 1.29 is 17.9 Å². The van der Waals surface area contributed by atoms with Crippen LogP contribution in [0.2, 0.25) is 0 Å². The summed E-state index contributed by atoms with van der Waals surface area (Å²) in [6.45, 7) is 0.608. The zero-order valence-corrected chi connectivity index (χ0v) is 10.6. The number of methoxy groups -OCH3 is 1. The van der Waals surface area contributed by atoms with Crippen LogP contribution < -0.4 is 5.32 Å². The van der Waals surface area contributed by atoms with Crippen molar-refractivity contribution in [1.29, 1.82) is 0 Å². The van der Waals surface area contributed by atoms with E-state index in [-0.39, 0.29) is 6.04 Å². The second-order valence-electron chi connectivity index (χ2n) is 4.10. The third-order valence-corrected chi connectivity index (χ3v) is 2.81. The fraction of sp³-hybridized carbons (Fsp3) is 0.538. The van der Waals surface area contributed by atoms with Gasteiger partial charge in [0.2, 0.25) is 0 Å². The molecule has 18 heavy (non-hydrogen) atoms. The number of ether oxygens (including phenoxy) is 1. The minimum absolute atomic E-state index is 0.0811. The fourth-order valence-corrected chi connectivity index (χ4v) is 1.84. The first-order chi connectivity index (χ1) is 8.49. The maximum Gasteiger partial charge on any atom is 0.416 e. The van der Waals surface area contributed by atoms with Crippen molar-refractivity contribution in [2.75, 3.05) is 20.8 Å². The lowest BCUT2D eigenvalue weighted by molar-refractivity contribution is -0.137. The molecule has 1 rings (SSSR count). The molecule has 102 valence electrons. The molecule has 0 heterocycles. The van der Waals surface area contributed by atoms with E-state index in [1.54, 1.807) is 20.2 Å². The average molecular weight is 261 g/mol. The zero-order chi connectivity index (χ0) is 13.6. The molecular formula is C13H18F3NO. The van der Waals surface area contributed by atoms with Crippen molar-refractivity contribution in [3.05, 3.63) is 35.4 Å². The van der Waals surface area contributed by atoms with E-state index in [1.807, 2.05) is 0 Å². The Morgan fingerprint density at radius 1 is 1.33 bits per heavy atom. The Hall–Kier alpha value is -1.07. The molecule has 0 bridgehead atoms. The molecule has 1 unspecified atom stereocenters. The first-order valence-electron chi connectivity index (χ1n) is 5.82. The van der Waals surface area contributed by atoms with Crippen LogP contribution in [0.1, 0.15) is 30.0 Å². The number of halogens is 3. The van der Waals surface area contributed by atoms with Crippen LogP contribution in [-0.4, -0.2) is 20.8 Å². The summed E-state index contributed by atoms with van der Waals surface area (Å²) in [7, 11) is 3.36. The molecule has 1 aromatic rings. The molecule has 0 aromatic heterocycles. The average Bonchev–Trinajstić information content (AvgIpc) is 2.34. The number of alkyl halides is 3. The molecular weight excluding hydrogens is 243 g/mol. The minimum Gasteiger partial charge on any atom is -0.385 e. The highest BCUT2D eigenvalue weighted by atomic mass is 19.4. The van der Waals surface area contributed by atoms with Gasteiger partial charge in [-0.3, -0.25) is 0 Å². The third kappa shape index (κ3) is 4.31. The number of hydrogen-bond donors (Lipinski definition) is 1. The van der Waals surface area contributed by atoms with Crippen molar-refractivity contribution in [3.63, 3.8) is 0 Å². The van der Waals surface area contributed by atoms with E-state index in [4.69, 9.17) is 4.74 Å². The Kier molecular flexibility index (Phi) is 5.62. The van der Waals surface area contributed by atoms with Crippen LogP contribution in [0.15, 0.2) is 24.3 Å². The summed E-state index contributed by atoms with van der Waals surface area (Å²) in [5, 5.41) is 3.03. The van der Waals surface area contributed by atoms with Crippen LogP contribution in [0.25, 0.3) is 0 Å². The molecule has 2 nitrogen and oxygen atoms in total. The van der Waals surface area contributed by atoms with Gasteiger partial charge >= 0.3 is 6.18 Å². The molecule has 0 radical (unpaired) electrons. The number of hydrogen-bond acceptors (Lipinski definition) is 2. The lowest BCUT2D eigenvalue weighted by atomic mass is 10.00. The largest absolute Gasteiger partial charge is 0.416 e. The molecule has 1 N–H and O–H groups in total. The van der Waals surface area contributed by atoms with Gasteiger partial charge in [0.05, 0.1) is 5.56 Å². The van der Waals surface area contributed by atoms with Gasteiger partial charge in [-0.1, -0.05) is 12.1 Å². The zero-order valence-electron chi connectivity index (χ0n) is 10.6.